The third kappa shape index (κ3) is 3.70. The fraction of sp³-hybridized carbons (Fsp3) is 0.533. The summed E-state index contributed by atoms with van der Waals surface area (Å²) in [6.07, 6.45) is 2.38. The van der Waals surface area contributed by atoms with Crippen LogP contribution >= 0.6 is 0 Å². The highest BCUT2D eigenvalue weighted by atomic mass is 16.5. The van der Waals surface area contributed by atoms with E-state index in [1.165, 1.54) is 12.8 Å². The van der Waals surface area contributed by atoms with E-state index in [1.54, 1.807) is 12.1 Å². The zero-order chi connectivity index (χ0) is 13.7. The first-order valence-electron chi connectivity index (χ1n) is 6.85. The fourth-order valence-corrected chi connectivity index (χ4v) is 2.21. The quantitative estimate of drug-likeness (QED) is 0.788. The van der Waals surface area contributed by atoms with Gasteiger partial charge in [0.2, 0.25) is 0 Å². The van der Waals surface area contributed by atoms with Crippen LogP contribution in [0.3, 0.4) is 0 Å². The molecule has 0 unspecified atom stereocenters. The molecule has 1 aromatic carbocycles. The van der Waals surface area contributed by atoms with Gasteiger partial charge < -0.3 is 15.4 Å². The molecule has 1 amide bonds. The van der Waals surface area contributed by atoms with Crippen molar-refractivity contribution in [2.45, 2.75) is 19.8 Å². The Kier molecular flexibility index (Phi) is 4.43. The molecule has 0 aromatic heterocycles. The van der Waals surface area contributed by atoms with E-state index in [4.69, 9.17) is 4.74 Å². The number of amides is 1. The zero-order valence-corrected chi connectivity index (χ0v) is 11.7. The number of hydrogen-bond acceptors (Lipinski definition) is 3. The second-order valence-corrected chi connectivity index (χ2v) is 5.17. The Balaban J connectivity index is 1.86. The zero-order valence-electron chi connectivity index (χ0n) is 11.7. The molecule has 19 heavy (non-hydrogen) atoms. The largest absolute Gasteiger partial charge is 0.494 e. The molecule has 4 heteroatoms. The van der Waals surface area contributed by atoms with Crippen LogP contribution in [0.15, 0.2) is 24.3 Å². The van der Waals surface area contributed by atoms with Crippen molar-refractivity contribution in [1.29, 1.82) is 0 Å². The number of nitrogens with one attached hydrogen (secondary N) is 2. The van der Waals surface area contributed by atoms with Gasteiger partial charge in [0.25, 0.3) is 5.91 Å². The van der Waals surface area contributed by atoms with Gasteiger partial charge in [0.15, 0.2) is 0 Å². The van der Waals surface area contributed by atoms with Crippen LogP contribution < -0.4 is 15.4 Å². The molecule has 0 spiro atoms. The van der Waals surface area contributed by atoms with E-state index in [0.717, 1.165) is 18.8 Å². The molecule has 0 bridgehead atoms. The van der Waals surface area contributed by atoms with E-state index in [1.807, 2.05) is 26.1 Å². The van der Waals surface area contributed by atoms with Crippen molar-refractivity contribution < 1.29 is 9.53 Å². The van der Waals surface area contributed by atoms with Gasteiger partial charge in [0.1, 0.15) is 5.75 Å². The number of benzene rings is 1. The summed E-state index contributed by atoms with van der Waals surface area (Å²) in [5.41, 5.74) is 0.971. The van der Waals surface area contributed by atoms with Gasteiger partial charge in [-0.3, -0.25) is 4.79 Å². The van der Waals surface area contributed by atoms with Gasteiger partial charge in [0, 0.05) is 24.1 Å². The van der Waals surface area contributed by atoms with Gasteiger partial charge in [-0.05, 0) is 51.1 Å². The predicted octanol–water partition coefficient (Wildman–Crippen LogP) is 1.81. The second-order valence-electron chi connectivity index (χ2n) is 5.17. The van der Waals surface area contributed by atoms with E-state index in [-0.39, 0.29) is 11.3 Å². The molecule has 0 atom stereocenters. The number of hydrogen-bond donors (Lipinski definition) is 2. The lowest BCUT2D eigenvalue weighted by Gasteiger charge is -2.15. The summed E-state index contributed by atoms with van der Waals surface area (Å²) in [5, 5.41) is 6.21. The van der Waals surface area contributed by atoms with Gasteiger partial charge >= 0.3 is 0 Å². The minimum atomic E-state index is -0.00886. The van der Waals surface area contributed by atoms with Crippen molar-refractivity contribution in [2.24, 2.45) is 5.41 Å². The molecule has 0 aliphatic heterocycles. The van der Waals surface area contributed by atoms with Crippen LogP contribution in [0.1, 0.15) is 30.1 Å². The van der Waals surface area contributed by atoms with Crippen LogP contribution in [0.25, 0.3) is 0 Å². The summed E-state index contributed by atoms with van der Waals surface area (Å²) in [4.78, 5) is 12.0. The summed E-state index contributed by atoms with van der Waals surface area (Å²) in [7, 11) is 1.95. The number of carbonyl (C=O) groups is 1. The molecule has 0 saturated heterocycles. The first-order valence-corrected chi connectivity index (χ1v) is 6.85. The third-order valence-corrected chi connectivity index (χ3v) is 3.56. The summed E-state index contributed by atoms with van der Waals surface area (Å²) in [5.74, 6) is 0.790. The molecule has 104 valence electrons. The predicted molar refractivity (Wildman–Crippen MR) is 75.5 cm³/mol. The molecule has 1 saturated carbocycles. The monoisotopic (exact) mass is 262 g/mol. The molecule has 1 aliphatic carbocycles. The molecule has 0 radical (unpaired) electrons. The first kappa shape index (κ1) is 13.9. The molecule has 1 aromatic rings. The van der Waals surface area contributed by atoms with E-state index in [2.05, 4.69) is 10.6 Å². The van der Waals surface area contributed by atoms with Crippen LogP contribution in [-0.4, -0.2) is 32.7 Å². The standard InChI is InChI=1S/C15H22N2O2/c1-3-19-13-6-4-12(5-7-13)14(18)17-11-15(8-9-15)10-16-2/h4-7,16H,3,8-11H2,1-2H3,(H,17,18). The fourth-order valence-electron chi connectivity index (χ4n) is 2.21. The van der Waals surface area contributed by atoms with E-state index < -0.39 is 0 Å². The number of rotatable bonds is 7. The Morgan fingerprint density at radius 1 is 1.26 bits per heavy atom. The highest BCUT2D eigenvalue weighted by Crippen LogP contribution is 2.44. The number of ether oxygens (including phenoxy) is 1. The Bertz CT molecular complexity index is 424. The van der Waals surface area contributed by atoms with Crippen LogP contribution in [0.4, 0.5) is 0 Å². The normalized spacial score (nSPS) is 15.9. The molecule has 4 nitrogen and oxygen atoms in total. The molecule has 2 rings (SSSR count). The third-order valence-electron chi connectivity index (χ3n) is 3.56. The average Bonchev–Trinajstić information content (AvgIpc) is 3.18. The molecule has 2 N–H and O–H groups in total. The smallest absolute Gasteiger partial charge is 0.251 e. The summed E-state index contributed by atoms with van der Waals surface area (Å²) in [6.45, 7) is 4.30. The summed E-state index contributed by atoms with van der Waals surface area (Å²) in [6, 6.07) is 7.27. The highest BCUT2D eigenvalue weighted by Gasteiger charge is 2.41. The topological polar surface area (TPSA) is 50.4 Å². The molecular weight excluding hydrogens is 240 g/mol. The summed E-state index contributed by atoms with van der Waals surface area (Å²) >= 11 is 0. The Morgan fingerprint density at radius 2 is 1.95 bits per heavy atom. The van der Waals surface area contributed by atoms with E-state index in [0.29, 0.717) is 12.2 Å². The molecule has 1 fully saturated rings. The maximum Gasteiger partial charge on any atom is 0.251 e. The Labute approximate surface area is 114 Å². The van der Waals surface area contributed by atoms with Crippen molar-refractivity contribution in [3.05, 3.63) is 29.8 Å². The molecular formula is C15H22N2O2. The van der Waals surface area contributed by atoms with E-state index in [9.17, 15) is 4.79 Å². The average molecular weight is 262 g/mol. The Hall–Kier alpha value is -1.55. The van der Waals surface area contributed by atoms with Crippen LogP contribution in [0.5, 0.6) is 5.75 Å². The van der Waals surface area contributed by atoms with Gasteiger partial charge in [0.05, 0.1) is 6.61 Å². The van der Waals surface area contributed by atoms with Crippen molar-refractivity contribution in [2.75, 3.05) is 26.7 Å². The van der Waals surface area contributed by atoms with Crippen LogP contribution in [0.2, 0.25) is 0 Å². The van der Waals surface area contributed by atoms with E-state index >= 15 is 0 Å². The van der Waals surface area contributed by atoms with Crippen molar-refractivity contribution >= 4 is 5.91 Å². The van der Waals surface area contributed by atoms with Crippen LogP contribution in [-0.2, 0) is 0 Å². The lowest BCUT2D eigenvalue weighted by molar-refractivity contribution is 0.0945. The number of carbonyl (C=O) groups excluding carboxylic acids is 1. The SMILES string of the molecule is CCOc1ccc(C(=O)NCC2(CNC)CC2)cc1. The Morgan fingerprint density at radius 3 is 2.47 bits per heavy atom. The van der Waals surface area contributed by atoms with Crippen molar-refractivity contribution in [1.82, 2.24) is 10.6 Å². The van der Waals surface area contributed by atoms with Gasteiger partial charge in [-0.2, -0.15) is 0 Å². The molecule has 1 aliphatic rings. The van der Waals surface area contributed by atoms with Gasteiger partial charge in [-0.15, -0.1) is 0 Å². The lowest BCUT2D eigenvalue weighted by atomic mass is 10.1. The minimum Gasteiger partial charge on any atom is -0.494 e. The highest BCUT2D eigenvalue weighted by molar-refractivity contribution is 5.94. The van der Waals surface area contributed by atoms with Crippen LogP contribution in [0, 0.1) is 5.41 Å². The van der Waals surface area contributed by atoms with Gasteiger partial charge in [-0.25, -0.2) is 0 Å². The maximum atomic E-state index is 12.0. The van der Waals surface area contributed by atoms with Gasteiger partial charge in [-0.1, -0.05) is 0 Å². The van der Waals surface area contributed by atoms with Crippen molar-refractivity contribution in [3.63, 3.8) is 0 Å². The minimum absolute atomic E-state index is 0.00886. The first-order chi connectivity index (χ1) is 9.19. The van der Waals surface area contributed by atoms with Crippen molar-refractivity contribution in [3.8, 4) is 5.75 Å². The summed E-state index contributed by atoms with van der Waals surface area (Å²) < 4.78 is 5.36. The second kappa shape index (κ2) is 6.06. The lowest BCUT2D eigenvalue weighted by Crippen LogP contribution is -2.34. The maximum absolute atomic E-state index is 12.0. The molecule has 0 heterocycles.